The maximum absolute atomic E-state index is 9.39. The molecular weight excluding hydrogens is 246 g/mol. The van der Waals surface area contributed by atoms with Crippen molar-refractivity contribution in [3.63, 3.8) is 0 Å². The van der Waals surface area contributed by atoms with Crippen molar-refractivity contribution in [3.05, 3.63) is 44.7 Å². The van der Waals surface area contributed by atoms with Crippen LogP contribution in [0.25, 0.3) is 10.4 Å². The van der Waals surface area contributed by atoms with Gasteiger partial charge in [-0.2, -0.15) is 0 Å². The molecule has 0 aliphatic rings. The molecular formula is C9H10BrN3O. The van der Waals surface area contributed by atoms with Crippen molar-refractivity contribution in [1.29, 1.82) is 0 Å². The Morgan fingerprint density at radius 2 is 2.00 bits per heavy atom. The first-order valence-electron chi connectivity index (χ1n) is 4.13. The predicted molar refractivity (Wildman–Crippen MR) is 57.7 cm³/mol. The third kappa shape index (κ3) is 2.73. The molecule has 0 bridgehead atoms. The van der Waals surface area contributed by atoms with Gasteiger partial charge in [-0.3, -0.25) is 0 Å². The van der Waals surface area contributed by atoms with E-state index < -0.39 is 12.1 Å². The van der Waals surface area contributed by atoms with Gasteiger partial charge in [-0.1, -0.05) is 33.2 Å². The lowest BCUT2D eigenvalue weighted by Crippen LogP contribution is -2.11. The largest absolute Gasteiger partial charge is 0.393 e. The van der Waals surface area contributed by atoms with Gasteiger partial charge in [0.25, 0.3) is 0 Å². The number of benzene rings is 1. The molecule has 14 heavy (non-hydrogen) atoms. The lowest BCUT2D eigenvalue weighted by atomic mass is 10.0. The molecule has 2 atom stereocenters. The number of halogens is 1. The minimum Gasteiger partial charge on any atom is -0.393 e. The second-order valence-corrected chi connectivity index (χ2v) is 3.86. The van der Waals surface area contributed by atoms with Crippen molar-refractivity contribution in [2.45, 2.75) is 19.1 Å². The van der Waals surface area contributed by atoms with Crippen LogP contribution in [0, 0.1) is 0 Å². The third-order valence-electron chi connectivity index (χ3n) is 1.84. The zero-order valence-corrected chi connectivity index (χ0v) is 9.22. The Labute approximate surface area is 90.3 Å². The van der Waals surface area contributed by atoms with E-state index in [-0.39, 0.29) is 0 Å². The van der Waals surface area contributed by atoms with Crippen molar-refractivity contribution in [1.82, 2.24) is 0 Å². The van der Waals surface area contributed by atoms with E-state index in [9.17, 15) is 5.11 Å². The monoisotopic (exact) mass is 255 g/mol. The summed E-state index contributed by atoms with van der Waals surface area (Å²) in [6.45, 7) is 1.60. The molecule has 4 nitrogen and oxygen atoms in total. The maximum atomic E-state index is 9.39. The summed E-state index contributed by atoms with van der Waals surface area (Å²) in [7, 11) is 0. The van der Waals surface area contributed by atoms with Crippen LogP contribution in [0.15, 0.2) is 33.9 Å². The number of azide groups is 1. The van der Waals surface area contributed by atoms with Crippen LogP contribution in [0.5, 0.6) is 0 Å². The molecule has 0 radical (unpaired) electrons. The first-order chi connectivity index (χ1) is 6.65. The summed E-state index contributed by atoms with van der Waals surface area (Å²) in [5.74, 6) is 0. The molecule has 0 saturated carbocycles. The Hall–Kier alpha value is -1.03. The Bertz CT molecular complexity index is 344. The minimum atomic E-state index is -0.688. The number of aliphatic hydroxyl groups is 1. The van der Waals surface area contributed by atoms with Crippen LogP contribution in [0.3, 0.4) is 0 Å². The number of hydrogen-bond donors (Lipinski definition) is 1. The maximum Gasteiger partial charge on any atom is 0.0882 e. The van der Waals surface area contributed by atoms with E-state index in [2.05, 4.69) is 26.0 Å². The molecule has 1 aromatic carbocycles. The average Bonchev–Trinajstić information content (AvgIpc) is 2.15. The van der Waals surface area contributed by atoms with Crippen LogP contribution in [0.2, 0.25) is 0 Å². The van der Waals surface area contributed by atoms with Crippen molar-refractivity contribution < 1.29 is 5.11 Å². The van der Waals surface area contributed by atoms with E-state index >= 15 is 0 Å². The summed E-state index contributed by atoms with van der Waals surface area (Å²) in [5.41, 5.74) is 9.15. The summed E-state index contributed by atoms with van der Waals surface area (Å²) >= 11 is 3.30. The second kappa shape index (κ2) is 5.00. The SMILES string of the molecule is CC(O)C(N=[N+]=[N-])c1ccc(Br)cc1. The second-order valence-electron chi connectivity index (χ2n) is 2.94. The smallest absolute Gasteiger partial charge is 0.0882 e. The van der Waals surface area contributed by atoms with Gasteiger partial charge in [0.15, 0.2) is 0 Å². The number of aliphatic hydroxyl groups excluding tert-OH is 1. The molecule has 0 spiro atoms. The normalized spacial score (nSPS) is 14.2. The Morgan fingerprint density at radius 1 is 1.43 bits per heavy atom. The van der Waals surface area contributed by atoms with Crippen molar-refractivity contribution in [2.24, 2.45) is 5.11 Å². The van der Waals surface area contributed by atoms with Gasteiger partial charge in [0.1, 0.15) is 0 Å². The van der Waals surface area contributed by atoms with E-state index in [0.717, 1.165) is 10.0 Å². The zero-order valence-electron chi connectivity index (χ0n) is 7.63. The lowest BCUT2D eigenvalue weighted by molar-refractivity contribution is 0.164. The molecule has 1 aromatic rings. The van der Waals surface area contributed by atoms with Crippen LogP contribution in [-0.4, -0.2) is 11.2 Å². The molecule has 0 aliphatic carbocycles. The van der Waals surface area contributed by atoms with Crippen molar-refractivity contribution in [3.8, 4) is 0 Å². The molecule has 0 aromatic heterocycles. The number of rotatable bonds is 3. The lowest BCUT2D eigenvalue weighted by Gasteiger charge is -2.14. The molecule has 0 fully saturated rings. The molecule has 1 rings (SSSR count). The Balaban J connectivity index is 2.99. The number of nitrogens with zero attached hydrogens (tertiary/aromatic N) is 3. The number of hydrogen-bond acceptors (Lipinski definition) is 2. The van der Waals surface area contributed by atoms with Gasteiger partial charge in [0.2, 0.25) is 0 Å². The van der Waals surface area contributed by atoms with E-state index in [4.69, 9.17) is 5.53 Å². The first-order valence-corrected chi connectivity index (χ1v) is 4.92. The molecule has 2 unspecified atom stereocenters. The summed E-state index contributed by atoms with van der Waals surface area (Å²) in [5, 5.41) is 12.9. The van der Waals surface area contributed by atoms with E-state index in [1.165, 1.54) is 0 Å². The summed E-state index contributed by atoms with van der Waals surface area (Å²) in [6.07, 6.45) is -0.688. The molecule has 0 aliphatic heterocycles. The van der Waals surface area contributed by atoms with E-state index in [0.29, 0.717) is 0 Å². The fourth-order valence-electron chi connectivity index (χ4n) is 1.16. The van der Waals surface area contributed by atoms with E-state index in [1.807, 2.05) is 24.3 Å². The van der Waals surface area contributed by atoms with Crippen molar-refractivity contribution in [2.75, 3.05) is 0 Å². The van der Waals surface area contributed by atoms with Crippen LogP contribution in [-0.2, 0) is 0 Å². The van der Waals surface area contributed by atoms with Crippen LogP contribution in [0.1, 0.15) is 18.5 Å². The highest BCUT2D eigenvalue weighted by Gasteiger charge is 2.14. The summed E-state index contributed by atoms with van der Waals surface area (Å²) in [4.78, 5) is 2.71. The van der Waals surface area contributed by atoms with Gasteiger partial charge in [0, 0.05) is 9.38 Å². The third-order valence-corrected chi connectivity index (χ3v) is 2.37. The van der Waals surface area contributed by atoms with E-state index in [1.54, 1.807) is 6.92 Å². The minimum absolute atomic E-state index is 0.520. The summed E-state index contributed by atoms with van der Waals surface area (Å²) < 4.78 is 0.950. The Kier molecular flexibility index (Phi) is 3.95. The zero-order chi connectivity index (χ0) is 10.6. The van der Waals surface area contributed by atoms with Crippen LogP contribution < -0.4 is 0 Å². The highest BCUT2D eigenvalue weighted by Crippen LogP contribution is 2.23. The highest BCUT2D eigenvalue weighted by atomic mass is 79.9. The molecule has 1 N–H and O–H groups in total. The fourth-order valence-corrected chi connectivity index (χ4v) is 1.42. The first kappa shape index (κ1) is 11.0. The topological polar surface area (TPSA) is 69.0 Å². The van der Waals surface area contributed by atoms with Gasteiger partial charge in [0.05, 0.1) is 12.1 Å². The standard InChI is InChI=1S/C9H10BrN3O/c1-6(14)9(12-13-11)7-2-4-8(10)5-3-7/h2-6,9,14H,1H3. The van der Waals surface area contributed by atoms with Crippen LogP contribution in [0.4, 0.5) is 0 Å². The fraction of sp³-hybridized carbons (Fsp3) is 0.333. The Morgan fingerprint density at radius 3 is 2.43 bits per heavy atom. The van der Waals surface area contributed by atoms with Gasteiger partial charge < -0.3 is 5.11 Å². The predicted octanol–water partition coefficient (Wildman–Crippen LogP) is 3.18. The van der Waals surface area contributed by atoms with Crippen molar-refractivity contribution >= 4 is 15.9 Å². The molecule has 74 valence electrons. The average molecular weight is 256 g/mol. The molecule has 0 heterocycles. The van der Waals surface area contributed by atoms with Gasteiger partial charge in [-0.15, -0.1) is 0 Å². The quantitative estimate of drug-likeness (QED) is 0.503. The molecule has 0 saturated heterocycles. The van der Waals surface area contributed by atoms with Gasteiger partial charge in [-0.05, 0) is 30.2 Å². The van der Waals surface area contributed by atoms with Crippen LogP contribution >= 0.6 is 15.9 Å². The molecule has 5 heteroatoms. The van der Waals surface area contributed by atoms with Gasteiger partial charge in [-0.25, -0.2) is 0 Å². The van der Waals surface area contributed by atoms with Gasteiger partial charge >= 0.3 is 0 Å². The molecule has 0 amide bonds. The summed E-state index contributed by atoms with van der Waals surface area (Å²) in [6, 6.07) is 6.80. The highest BCUT2D eigenvalue weighted by molar-refractivity contribution is 9.10.